The van der Waals surface area contributed by atoms with Crippen molar-refractivity contribution in [3.8, 4) is 11.3 Å². The summed E-state index contributed by atoms with van der Waals surface area (Å²) in [4.78, 5) is 37.1. The van der Waals surface area contributed by atoms with Gasteiger partial charge in [0.25, 0.3) is 5.91 Å². The molecule has 0 radical (unpaired) electrons. The first kappa shape index (κ1) is 25.5. The molecule has 10 nitrogen and oxygen atoms in total. The second-order valence-electron chi connectivity index (χ2n) is 7.65. The van der Waals surface area contributed by atoms with E-state index in [1.165, 1.54) is 0 Å². The van der Waals surface area contributed by atoms with E-state index in [1.54, 1.807) is 21.5 Å². The Bertz CT molecular complexity index is 1250. The number of aromatic carboxylic acids is 1. The largest absolute Gasteiger partial charge is 0.490 e. The van der Waals surface area contributed by atoms with Crippen LogP contribution in [0.3, 0.4) is 0 Å². The lowest BCUT2D eigenvalue weighted by Crippen LogP contribution is -2.27. The van der Waals surface area contributed by atoms with Crippen molar-refractivity contribution in [3.63, 3.8) is 0 Å². The van der Waals surface area contributed by atoms with Crippen LogP contribution in [-0.4, -0.2) is 60.1 Å². The normalized spacial score (nSPS) is 12.1. The number of nitrogens with zero attached hydrogens (tertiary/aromatic N) is 4. The Morgan fingerprint density at radius 2 is 1.89 bits per heavy atom. The minimum absolute atomic E-state index is 0.146. The molecule has 0 saturated carbocycles. The second kappa shape index (κ2) is 10.4. The van der Waals surface area contributed by atoms with Crippen LogP contribution >= 0.6 is 0 Å². The van der Waals surface area contributed by atoms with E-state index in [0.717, 1.165) is 28.8 Å². The van der Waals surface area contributed by atoms with Crippen molar-refractivity contribution < 1.29 is 37.8 Å². The van der Waals surface area contributed by atoms with E-state index in [-0.39, 0.29) is 11.6 Å². The highest BCUT2D eigenvalue weighted by Gasteiger charge is 2.38. The number of amides is 1. The van der Waals surface area contributed by atoms with E-state index < -0.39 is 18.1 Å². The van der Waals surface area contributed by atoms with Gasteiger partial charge in [0.05, 0.1) is 5.69 Å². The summed E-state index contributed by atoms with van der Waals surface area (Å²) in [5.74, 6) is -3.88. The van der Waals surface area contributed by atoms with E-state index in [9.17, 15) is 27.9 Å². The predicted octanol–water partition coefficient (Wildman–Crippen LogP) is 2.53. The molecule has 0 unspecified atom stereocenters. The first-order valence-corrected chi connectivity index (χ1v) is 10.5. The number of hydrogen-bond acceptors (Lipinski definition) is 5. The molecule has 0 saturated heterocycles. The van der Waals surface area contributed by atoms with Crippen molar-refractivity contribution in [2.75, 3.05) is 6.54 Å². The van der Waals surface area contributed by atoms with Gasteiger partial charge in [-0.05, 0) is 43.0 Å². The third kappa shape index (κ3) is 5.86. The maximum absolute atomic E-state index is 12.2. The van der Waals surface area contributed by atoms with Crippen molar-refractivity contribution >= 4 is 17.8 Å². The molecular formula is C22H22F3N5O5. The van der Waals surface area contributed by atoms with Gasteiger partial charge in [-0.1, -0.05) is 0 Å². The molecule has 1 aliphatic carbocycles. The molecular weight excluding hydrogens is 471 g/mol. The summed E-state index contributed by atoms with van der Waals surface area (Å²) in [7, 11) is 1.82. The Balaban J connectivity index is 0.000000429. The summed E-state index contributed by atoms with van der Waals surface area (Å²) >= 11 is 0. The third-order valence-electron chi connectivity index (χ3n) is 5.31. The highest BCUT2D eigenvalue weighted by atomic mass is 19.4. The fourth-order valence-electron chi connectivity index (χ4n) is 3.69. The number of aromatic nitrogens is 4. The van der Waals surface area contributed by atoms with E-state index in [1.807, 2.05) is 31.6 Å². The molecule has 0 spiro atoms. The van der Waals surface area contributed by atoms with Gasteiger partial charge in [-0.2, -0.15) is 18.3 Å². The summed E-state index contributed by atoms with van der Waals surface area (Å²) < 4.78 is 35.0. The lowest BCUT2D eigenvalue weighted by molar-refractivity contribution is -0.192. The van der Waals surface area contributed by atoms with Crippen LogP contribution in [0.2, 0.25) is 0 Å². The van der Waals surface area contributed by atoms with Crippen molar-refractivity contribution in [2.24, 2.45) is 7.05 Å². The van der Waals surface area contributed by atoms with Gasteiger partial charge >= 0.3 is 18.1 Å². The SMILES string of the molecule is Cn1cccc1C(=O)NCCCn1nc2c(c1C(=O)O)CCc1cnccc1-2.O=C(O)C(F)(F)F. The smallest absolute Gasteiger partial charge is 0.477 e. The van der Waals surface area contributed by atoms with E-state index >= 15 is 0 Å². The van der Waals surface area contributed by atoms with E-state index in [2.05, 4.69) is 15.4 Å². The molecule has 0 fully saturated rings. The number of nitrogens with one attached hydrogen (secondary N) is 1. The van der Waals surface area contributed by atoms with Gasteiger partial charge in [0.15, 0.2) is 0 Å². The Kier molecular flexibility index (Phi) is 7.57. The molecule has 1 aliphatic rings. The number of alkyl halides is 3. The number of pyridine rings is 1. The Hall–Kier alpha value is -4.16. The highest BCUT2D eigenvalue weighted by Crippen LogP contribution is 2.34. The summed E-state index contributed by atoms with van der Waals surface area (Å²) in [6.45, 7) is 0.858. The zero-order valence-corrected chi connectivity index (χ0v) is 18.5. The number of halogens is 3. The molecule has 0 aliphatic heterocycles. The monoisotopic (exact) mass is 493 g/mol. The lowest BCUT2D eigenvalue weighted by atomic mass is 9.90. The minimum atomic E-state index is -5.08. The molecule has 3 aromatic heterocycles. The Morgan fingerprint density at radius 3 is 2.49 bits per heavy atom. The van der Waals surface area contributed by atoms with Crippen LogP contribution in [0, 0.1) is 0 Å². The van der Waals surface area contributed by atoms with Gasteiger partial charge in [0.1, 0.15) is 11.4 Å². The molecule has 1 amide bonds. The van der Waals surface area contributed by atoms with Crippen LogP contribution in [0.25, 0.3) is 11.3 Å². The maximum Gasteiger partial charge on any atom is 0.490 e. The van der Waals surface area contributed by atoms with Crippen molar-refractivity contribution in [2.45, 2.75) is 32.0 Å². The molecule has 3 N–H and O–H groups in total. The molecule has 0 bridgehead atoms. The zero-order chi connectivity index (χ0) is 25.8. The van der Waals surface area contributed by atoms with Gasteiger partial charge in [0, 0.05) is 49.9 Å². The van der Waals surface area contributed by atoms with E-state index in [0.29, 0.717) is 31.6 Å². The number of aliphatic carboxylic acids is 1. The number of rotatable bonds is 6. The first-order chi connectivity index (χ1) is 16.5. The summed E-state index contributed by atoms with van der Waals surface area (Å²) in [5, 5.41) is 24.3. The van der Waals surface area contributed by atoms with Crippen molar-refractivity contribution in [1.29, 1.82) is 0 Å². The molecule has 35 heavy (non-hydrogen) atoms. The topological polar surface area (TPSA) is 139 Å². The summed E-state index contributed by atoms with van der Waals surface area (Å²) in [6, 6.07) is 5.46. The maximum atomic E-state index is 12.2. The molecule has 3 aromatic rings. The van der Waals surface area contributed by atoms with Crippen molar-refractivity contribution in [3.05, 3.63) is 59.3 Å². The fourth-order valence-corrected chi connectivity index (χ4v) is 3.69. The average Bonchev–Trinajstić information content (AvgIpc) is 3.39. The number of aryl methyl sites for hydroxylation is 3. The van der Waals surface area contributed by atoms with Crippen molar-refractivity contribution in [1.82, 2.24) is 24.6 Å². The average molecular weight is 493 g/mol. The van der Waals surface area contributed by atoms with Gasteiger partial charge in [-0.15, -0.1) is 0 Å². The van der Waals surface area contributed by atoms with Crippen LogP contribution in [0.4, 0.5) is 13.2 Å². The number of fused-ring (bicyclic) bond motifs is 3. The number of carbonyl (C=O) groups excluding carboxylic acids is 1. The van der Waals surface area contributed by atoms with Gasteiger partial charge in [-0.25, -0.2) is 9.59 Å². The van der Waals surface area contributed by atoms with Crippen LogP contribution in [-0.2, 0) is 31.2 Å². The second-order valence-corrected chi connectivity index (χ2v) is 7.65. The zero-order valence-electron chi connectivity index (χ0n) is 18.5. The van der Waals surface area contributed by atoms with Crippen LogP contribution in [0.5, 0.6) is 0 Å². The van der Waals surface area contributed by atoms with Crippen LogP contribution in [0.15, 0.2) is 36.8 Å². The Labute approximate surface area is 197 Å². The number of carbonyl (C=O) groups is 3. The molecule has 13 heteroatoms. The van der Waals surface area contributed by atoms with Crippen LogP contribution in [0.1, 0.15) is 38.5 Å². The molecule has 0 aromatic carbocycles. The van der Waals surface area contributed by atoms with Crippen LogP contribution < -0.4 is 5.32 Å². The lowest BCUT2D eigenvalue weighted by Gasteiger charge is -2.14. The van der Waals surface area contributed by atoms with Gasteiger partial charge in [-0.3, -0.25) is 14.5 Å². The van der Waals surface area contributed by atoms with Gasteiger partial charge in [0.2, 0.25) is 0 Å². The number of carboxylic acid groups (broad SMARTS) is 2. The Morgan fingerprint density at radius 1 is 1.17 bits per heavy atom. The number of hydrogen-bond donors (Lipinski definition) is 3. The molecule has 3 heterocycles. The predicted molar refractivity (Wildman–Crippen MR) is 116 cm³/mol. The van der Waals surface area contributed by atoms with E-state index in [4.69, 9.17) is 9.90 Å². The highest BCUT2D eigenvalue weighted by molar-refractivity contribution is 5.92. The first-order valence-electron chi connectivity index (χ1n) is 10.5. The fraction of sp³-hybridized carbons (Fsp3) is 0.318. The number of carboxylic acids is 2. The minimum Gasteiger partial charge on any atom is -0.477 e. The van der Waals surface area contributed by atoms with Gasteiger partial charge < -0.3 is 20.1 Å². The summed E-state index contributed by atoms with van der Waals surface area (Å²) in [6.07, 6.45) is 2.23. The third-order valence-corrected chi connectivity index (χ3v) is 5.31. The standard InChI is InChI=1S/C20H21N5O3.C2HF3O2/c1-24-10-2-4-16(24)19(26)22-8-3-11-25-18(20(27)28)15-6-5-13-12-21-9-7-14(13)17(15)23-25;3-2(4,5)1(6)7/h2,4,7,9-10,12H,3,5-6,8,11H2,1H3,(H,22,26)(H,27,28);(H,6,7). The quantitative estimate of drug-likeness (QED) is 0.449. The summed E-state index contributed by atoms with van der Waals surface area (Å²) in [5.41, 5.74) is 4.38. The molecule has 0 atom stereocenters. The molecule has 4 rings (SSSR count). The molecule has 186 valence electrons.